The number of ether oxygens (including phenoxy) is 1. The highest BCUT2D eigenvalue weighted by Gasteiger charge is 2.17. The van der Waals surface area contributed by atoms with Crippen molar-refractivity contribution in [2.24, 2.45) is 0 Å². The summed E-state index contributed by atoms with van der Waals surface area (Å²) in [6, 6.07) is 0.269. The summed E-state index contributed by atoms with van der Waals surface area (Å²) in [5.74, 6) is 1.02. The monoisotopic (exact) mass is 294 g/mol. The van der Waals surface area contributed by atoms with Crippen molar-refractivity contribution in [2.75, 3.05) is 43.9 Å². The minimum atomic E-state index is 0.174. The Morgan fingerprint density at radius 1 is 1.24 bits per heavy atom. The molecular weight excluding hydrogens is 272 g/mol. The van der Waals surface area contributed by atoms with Crippen molar-refractivity contribution in [3.8, 4) is 6.01 Å². The van der Waals surface area contributed by atoms with Gasteiger partial charge >= 0.3 is 6.01 Å². The molecule has 1 saturated heterocycles. The van der Waals surface area contributed by atoms with Gasteiger partial charge in [-0.15, -0.1) is 0 Å². The molecule has 2 rings (SSSR count). The Bertz CT molecular complexity index is 476. The van der Waals surface area contributed by atoms with E-state index in [4.69, 9.17) is 4.74 Å². The topological polar surface area (TPSA) is 92.3 Å². The third-order valence-corrected chi connectivity index (χ3v) is 3.19. The molecular formula is C13H22N6O2. The lowest BCUT2D eigenvalue weighted by Crippen LogP contribution is -2.29. The molecule has 0 bridgehead atoms. The van der Waals surface area contributed by atoms with Crippen LogP contribution in [0.25, 0.3) is 0 Å². The van der Waals surface area contributed by atoms with Crippen LogP contribution in [0.1, 0.15) is 26.2 Å². The van der Waals surface area contributed by atoms with Gasteiger partial charge in [0, 0.05) is 33.1 Å². The molecule has 1 fully saturated rings. The highest BCUT2D eigenvalue weighted by molar-refractivity contribution is 5.76. The molecule has 0 aliphatic carbocycles. The molecule has 0 atom stereocenters. The predicted octanol–water partition coefficient (Wildman–Crippen LogP) is 0.736. The van der Waals surface area contributed by atoms with Gasteiger partial charge in [-0.2, -0.15) is 15.0 Å². The number of aromatic nitrogens is 3. The molecule has 0 spiro atoms. The summed E-state index contributed by atoms with van der Waals surface area (Å²) in [5.41, 5.74) is 0. The molecule has 1 amide bonds. The first-order chi connectivity index (χ1) is 10.2. The summed E-state index contributed by atoms with van der Waals surface area (Å²) in [7, 11) is 1.73. The first-order valence-corrected chi connectivity index (χ1v) is 7.31. The van der Waals surface area contributed by atoms with Crippen LogP contribution in [0, 0.1) is 0 Å². The van der Waals surface area contributed by atoms with E-state index in [2.05, 4.69) is 25.6 Å². The number of nitrogens with one attached hydrogen (secondary N) is 2. The standard InChI is InChI=1S/C13H22N6O2/c1-3-21-13-17-11(14-2)16-12(18-13)15-7-6-10(20)19-8-4-5-9-19/h3-9H2,1-2H3,(H2,14,15,16,17,18). The molecule has 0 unspecified atom stereocenters. The molecule has 1 aromatic rings. The van der Waals surface area contributed by atoms with Gasteiger partial charge in [0.15, 0.2) is 0 Å². The fourth-order valence-electron chi connectivity index (χ4n) is 2.15. The number of rotatable bonds is 7. The predicted molar refractivity (Wildman–Crippen MR) is 79.5 cm³/mol. The van der Waals surface area contributed by atoms with Gasteiger partial charge in [0.1, 0.15) is 0 Å². The average molecular weight is 294 g/mol. The van der Waals surface area contributed by atoms with E-state index in [0.717, 1.165) is 25.9 Å². The summed E-state index contributed by atoms with van der Waals surface area (Å²) in [5, 5.41) is 5.90. The number of anilines is 2. The molecule has 8 heteroatoms. The summed E-state index contributed by atoms with van der Waals surface area (Å²) in [6.45, 7) is 4.60. The normalized spacial score (nSPS) is 14.1. The van der Waals surface area contributed by atoms with Crippen LogP contribution in [0.2, 0.25) is 0 Å². The minimum Gasteiger partial charge on any atom is -0.464 e. The van der Waals surface area contributed by atoms with Gasteiger partial charge in [0.05, 0.1) is 6.61 Å². The zero-order valence-electron chi connectivity index (χ0n) is 12.6. The molecule has 1 aromatic heterocycles. The molecule has 2 N–H and O–H groups in total. The zero-order valence-corrected chi connectivity index (χ0v) is 12.6. The SMILES string of the molecule is CCOc1nc(NC)nc(NCCC(=O)N2CCCC2)n1. The molecule has 0 saturated carbocycles. The molecule has 8 nitrogen and oxygen atoms in total. The lowest BCUT2D eigenvalue weighted by atomic mass is 10.3. The summed E-state index contributed by atoms with van der Waals surface area (Å²) in [4.78, 5) is 26.2. The third-order valence-electron chi connectivity index (χ3n) is 3.19. The quantitative estimate of drug-likeness (QED) is 0.766. The van der Waals surface area contributed by atoms with Crippen molar-refractivity contribution in [2.45, 2.75) is 26.2 Å². The second-order valence-electron chi connectivity index (χ2n) is 4.71. The molecule has 1 aliphatic rings. The Balaban J connectivity index is 1.86. The van der Waals surface area contributed by atoms with Gasteiger partial charge in [0.2, 0.25) is 17.8 Å². The Morgan fingerprint density at radius 3 is 2.62 bits per heavy atom. The molecule has 1 aliphatic heterocycles. The van der Waals surface area contributed by atoms with Crippen LogP contribution in [-0.4, -0.2) is 59.0 Å². The Hall–Kier alpha value is -2.12. The Kier molecular flexibility index (Phi) is 5.53. The number of carbonyl (C=O) groups is 1. The summed E-state index contributed by atoms with van der Waals surface area (Å²) < 4.78 is 5.28. The first-order valence-electron chi connectivity index (χ1n) is 7.31. The van der Waals surface area contributed by atoms with E-state index in [9.17, 15) is 4.79 Å². The van der Waals surface area contributed by atoms with Crippen LogP contribution in [0.4, 0.5) is 11.9 Å². The maximum absolute atomic E-state index is 11.9. The van der Waals surface area contributed by atoms with Crippen LogP contribution >= 0.6 is 0 Å². The van der Waals surface area contributed by atoms with Crippen LogP contribution in [0.3, 0.4) is 0 Å². The van der Waals surface area contributed by atoms with Gasteiger partial charge in [-0.25, -0.2) is 0 Å². The summed E-state index contributed by atoms with van der Waals surface area (Å²) >= 11 is 0. The second-order valence-corrected chi connectivity index (χ2v) is 4.71. The maximum atomic E-state index is 11.9. The number of hydrogen-bond donors (Lipinski definition) is 2. The van der Waals surface area contributed by atoms with Gasteiger partial charge in [-0.05, 0) is 19.8 Å². The zero-order chi connectivity index (χ0) is 15.1. The number of likely N-dealkylation sites (tertiary alicyclic amines) is 1. The number of nitrogens with zero attached hydrogens (tertiary/aromatic N) is 4. The van der Waals surface area contributed by atoms with Crippen LogP contribution in [0.5, 0.6) is 6.01 Å². The molecule has 116 valence electrons. The Labute approximate surface area is 124 Å². The van der Waals surface area contributed by atoms with Crippen molar-refractivity contribution in [3.05, 3.63) is 0 Å². The fourth-order valence-corrected chi connectivity index (χ4v) is 2.15. The largest absolute Gasteiger partial charge is 0.464 e. The first kappa shape index (κ1) is 15.3. The van der Waals surface area contributed by atoms with Crippen LogP contribution in [-0.2, 0) is 4.79 Å². The average Bonchev–Trinajstić information content (AvgIpc) is 3.01. The fraction of sp³-hybridized carbons (Fsp3) is 0.692. The van der Waals surface area contributed by atoms with Crippen molar-refractivity contribution in [1.29, 1.82) is 0 Å². The highest BCUT2D eigenvalue weighted by Crippen LogP contribution is 2.12. The van der Waals surface area contributed by atoms with E-state index in [1.54, 1.807) is 7.05 Å². The van der Waals surface area contributed by atoms with Crippen molar-refractivity contribution in [1.82, 2.24) is 19.9 Å². The van der Waals surface area contributed by atoms with Gasteiger partial charge in [-0.1, -0.05) is 0 Å². The lowest BCUT2D eigenvalue weighted by molar-refractivity contribution is -0.129. The third kappa shape index (κ3) is 4.44. The summed E-state index contributed by atoms with van der Waals surface area (Å²) in [6.07, 6.45) is 2.65. The van der Waals surface area contributed by atoms with E-state index in [1.165, 1.54) is 0 Å². The van der Waals surface area contributed by atoms with Crippen molar-refractivity contribution >= 4 is 17.8 Å². The molecule has 2 heterocycles. The number of hydrogen-bond acceptors (Lipinski definition) is 7. The Morgan fingerprint density at radius 2 is 1.95 bits per heavy atom. The van der Waals surface area contributed by atoms with Crippen LogP contribution < -0.4 is 15.4 Å². The van der Waals surface area contributed by atoms with E-state index in [0.29, 0.717) is 31.5 Å². The van der Waals surface area contributed by atoms with Crippen molar-refractivity contribution < 1.29 is 9.53 Å². The van der Waals surface area contributed by atoms with Gasteiger partial charge in [-0.3, -0.25) is 4.79 Å². The molecule has 0 radical (unpaired) electrons. The molecule has 21 heavy (non-hydrogen) atoms. The smallest absolute Gasteiger partial charge is 0.323 e. The molecule has 0 aromatic carbocycles. The highest BCUT2D eigenvalue weighted by atomic mass is 16.5. The van der Waals surface area contributed by atoms with Crippen LogP contribution in [0.15, 0.2) is 0 Å². The van der Waals surface area contributed by atoms with E-state index >= 15 is 0 Å². The minimum absolute atomic E-state index is 0.174. The lowest BCUT2D eigenvalue weighted by Gasteiger charge is -2.15. The van der Waals surface area contributed by atoms with E-state index < -0.39 is 0 Å². The van der Waals surface area contributed by atoms with E-state index in [-0.39, 0.29) is 11.9 Å². The maximum Gasteiger partial charge on any atom is 0.323 e. The number of amides is 1. The second kappa shape index (κ2) is 7.61. The van der Waals surface area contributed by atoms with Crippen molar-refractivity contribution in [3.63, 3.8) is 0 Å². The van der Waals surface area contributed by atoms with Gasteiger partial charge < -0.3 is 20.3 Å². The van der Waals surface area contributed by atoms with E-state index in [1.807, 2.05) is 11.8 Å². The number of carbonyl (C=O) groups excluding carboxylic acids is 1. The van der Waals surface area contributed by atoms with Gasteiger partial charge in [0.25, 0.3) is 0 Å².